The van der Waals surface area contributed by atoms with Crippen LogP contribution >= 0.6 is 31.9 Å². The number of halogens is 2. The van der Waals surface area contributed by atoms with Crippen LogP contribution in [0.2, 0.25) is 0 Å². The third kappa shape index (κ3) is 3.75. The molecule has 0 amide bonds. The fourth-order valence-corrected chi connectivity index (χ4v) is 1.83. The van der Waals surface area contributed by atoms with Gasteiger partial charge in [-0.2, -0.15) is 0 Å². The molecule has 0 saturated carbocycles. The lowest BCUT2D eigenvalue weighted by Gasteiger charge is -2.16. The van der Waals surface area contributed by atoms with E-state index in [-0.39, 0.29) is 0 Å². The van der Waals surface area contributed by atoms with Crippen LogP contribution in [0.4, 0.5) is 0 Å². The van der Waals surface area contributed by atoms with Crippen molar-refractivity contribution in [1.82, 2.24) is 4.98 Å². The zero-order valence-corrected chi connectivity index (χ0v) is 11.8. The van der Waals surface area contributed by atoms with Gasteiger partial charge in [-0.1, -0.05) is 15.9 Å². The van der Waals surface area contributed by atoms with E-state index in [4.69, 9.17) is 4.74 Å². The number of rotatable bonds is 5. The van der Waals surface area contributed by atoms with Gasteiger partial charge in [0, 0.05) is 17.9 Å². The molecule has 0 radical (unpaired) electrons. The Hall–Kier alpha value is -0.620. The number of carbonyl (C=O) groups excluding carboxylic acids is 1. The third-order valence-corrected chi connectivity index (χ3v) is 2.88. The van der Waals surface area contributed by atoms with Crippen LogP contribution in [0.5, 0.6) is 5.75 Å². The Labute approximate surface area is 111 Å². The number of aromatic nitrogens is 1. The summed E-state index contributed by atoms with van der Waals surface area (Å²) in [5.41, 5.74) is 0. The third-order valence-electron chi connectivity index (χ3n) is 1.83. The van der Waals surface area contributed by atoms with Crippen LogP contribution in [0.25, 0.3) is 0 Å². The van der Waals surface area contributed by atoms with Crippen LogP contribution in [-0.4, -0.2) is 29.5 Å². The molecule has 0 aliphatic heterocycles. The molecule has 16 heavy (non-hydrogen) atoms. The quantitative estimate of drug-likeness (QED) is 0.464. The maximum absolute atomic E-state index is 11.4. The smallest absolute Gasteiger partial charge is 0.347 e. The zero-order valence-electron chi connectivity index (χ0n) is 8.65. The fourth-order valence-electron chi connectivity index (χ4n) is 1.07. The van der Waals surface area contributed by atoms with Crippen molar-refractivity contribution in [3.63, 3.8) is 0 Å². The molecule has 0 N–H and O–H groups in total. The van der Waals surface area contributed by atoms with E-state index in [0.29, 0.717) is 22.1 Å². The highest BCUT2D eigenvalue weighted by molar-refractivity contribution is 9.10. The van der Waals surface area contributed by atoms with Crippen molar-refractivity contribution in [2.24, 2.45) is 0 Å². The minimum Gasteiger partial charge on any atom is -0.476 e. The number of esters is 1. The van der Waals surface area contributed by atoms with Gasteiger partial charge in [-0.15, -0.1) is 0 Å². The van der Waals surface area contributed by atoms with Gasteiger partial charge in [0.05, 0.1) is 7.11 Å². The molecular formula is C10H11Br2NO3. The first-order valence-corrected chi connectivity index (χ1v) is 6.51. The minimum atomic E-state index is -0.620. The Balaban J connectivity index is 2.75. The monoisotopic (exact) mass is 351 g/mol. The lowest BCUT2D eigenvalue weighted by atomic mass is 10.3. The Bertz CT molecular complexity index is 360. The van der Waals surface area contributed by atoms with E-state index in [9.17, 15) is 4.79 Å². The number of alkyl halides is 1. The van der Waals surface area contributed by atoms with E-state index in [1.165, 1.54) is 7.11 Å². The molecular weight excluding hydrogens is 342 g/mol. The molecule has 0 spiro atoms. The molecule has 1 aromatic heterocycles. The molecule has 0 bridgehead atoms. The summed E-state index contributed by atoms with van der Waals surface area (Å²) in [6, 6.07) is 3.48. The molecule has 1 unspecified atom stereocenters. The van der Waals surface area contributed by atoms with E-state index in [0.717, 1.165) is 0 Å². The second-order valence-electron chi connectivity index (χ2n) is 2.90. The largest absolute Gasteiger partial charge is 0.476 e. The summed E-state index contributed by atoms with van der Waals surface area (Å²) in [5, 5.41) is 0.657. The first kappa shape index (κ1) is 13.4. The number of hydrogen-bond donors (Lipinski definition) is 0. The van der Waals surface area contributed by atoms with E-state index in [2.05, 4.69) is 41.6 Å². The molecule has 4 nitrogen and oxygen atoms in total. The Morgan fingerprint density at radius 2 is 2.38 bits per heavy atom. The van der Waals surface area contributed by atoms with Gasteiger partial charge < -0.3 is 9.47 Å². The van der Waals surface area contributed by atoms with Crippen molar-refractivity contribution >= 4 is 37.8 Å². The highest BCUT2D eigenvalue weighted by Gasteiger charge is 2.21. The van der Waals surface area contributed by atoms with Crippen LogP contribution in [-0.2, 0) is 9.53 Å². The molecule has 1 rings (SSSR count). The fraction of sp³-hybridized carbons (Fsp3) is 0.400. The Kier molecular flexibility index (Phi) is 5.76. The van der Waals surface area contributed by atoms with Gasteiger partial charge in [-0.05, 0) is 28.1 Å². The van der Waals surface area contributed by atoms with Crippen LogP contribution in [0, 0.1) is 0 Å². The van der Waals surface area contributed by atoms with Crippen LogP contribution in [0.15, 0.2) is 22.9 Å². The Morgan fingerprint density at radius 3 is 2.94 bits per heavy atom. The van der Waals surface area contributed by atoms with Crippen molar-refractivity contribution in [3.05, 3.63) is 22.9 Å². The lowest BCUT2D eigenvalue weighted by molar-refractivity contribution is -0.148. The highest BCUT2D eigenvalue weighted by Crippen LogP contribution is 2.23. The SMILES string of the molecule is COC(=O)C(CCBr)Oc1cccnc1Br. The van der Waals surface area contributed by atoms with Crippen LogP contribution in [0.1, 0.15) is 6.42 Å². The molecule has 0 aromatic carbocycles. The van der Waals surface area contributed by atoms with Gasteiger partial charge in [-0.3, -0.25) is 0 Å². The van der Waals surface area contributed by atoms with E-state index in [1.807, 2.05) is 0 Å². The molecule has 1 aromatic rings. The second-order valence-corrected chi connectivity index (χ2v) is 4.44. The van der Waals surface area contributed by atoms with Gasteiger partial charge in [0.25, 0.3) is 0 Å². The first-order chi connectivity index (χ1) is 7.69. The van der Waals surface area contributed by atoms with Gasteiger partial charge in [0.1, 0.15) is 4.60 Å². The number of hydrogen-bond acceptors (Lipinski definition) is 4. The lowest BCUT2D eigenvalue weighted by Crippen LogP contribution is -2.29. The number of carbonyl (C=O) groups is 1. The summed E-state index contributed by atoms with van der Waals surface area (Å²) in [4.78, 5) is 15.4. The molecule has 88 valence electrons. The van der Waals surface area contributed by atoms with Crippen molar-refractivity contribution in [2.45, 2.75) is 12.5 Å². The summed E-state index contributed by atoms with van der Waals surface area (Å²) < 4.78 is 10.7. The average Bonchev–Trinajstić information content (AvgIpc) is 2.30. The highest BCUT2D eigenvalue weighted by atomic mass is 79.9. The van der Waals surface area contributed by atoms with E-state index in [1.54, 1.807) is 18.3 Å². The maximum Gasteiger partial charge on any atom is 0.347 e. The minimum absolute atomic E-state index is 0.393. The van der Waals surface area contributed by atoms with Gasteiger partial charge in [-0.25, -0.2) is 9.78 Å². The molecule has 0 saturated heterocycles. The standard InChI is InChI=1S/C10H11Br2NO3/c1-15-10(14)8(4-5-11)16-7-3-2-6-13-9(7)12/h2-3,6,8H,4-5H2,1H3. The van der Waals surface area contributed by atoms with Crippen molar-refractivity contribution < 1.29 is 14.3 Å². The average molecular weight is 353 g/mol. The predicted molar refractivity (Wildman–Crippen MR) is 66.8 cm³/mol. The molecule has 0 fully saturated rings. The molecule has 1 heterocycles. The molecule has 1 atom stereocenters. The van der Waals surface area contributed by atoms with Gasteiger partial charge in [0.2, 0.25) is 0 Å². The zero-order chi connectivity index (χ0) is 12.0. The number of ether oxygens (including phenoxy) is 2. The first-order valence-electron chi connectivity index (χ1n) is 4.60. The maximum atomic E-state index is 11.4. The van der Waals surface area contributed by atoms with E-state index >= 15 is 0 Å². The molecule has 0 aliphatic carbocycles. The normalized spacial score (nSPS) is 11.9. The predicted octanol–water partition coefficient (Wildman–Crippen LogP) is 2.55. The summed E-state index contributed by atoms with van der Waals surface area (Å²) in [6.45, 7) is 0. The van der Waals surface area contributed by atoms with Crippen LogP contribution < -0.4 is 4.74 Å². The van der Waals surface area contributed by atoms with Gasteiger partial charge >= 0.3 is 5.97 Å². The summed E-state index contributed by atoms with van der Waals surface area (Å²) >= 11 is 6.51. The topological polar surface area (TPSA) is 48.4 Å². The van der Waals surface area contributed by atoms with Crippen molar-refractivity contribution in [2.75, 3.05) is 12.4 Å². The number of pyridine rings is 1. The molecule has 6 heteroatoms. The van der Waals surface area contributed by atoms with Crippen molar-refractivity contribution in [3.8, 4) is 5.75 Å². The number of methoxy groups -OCH3 is 1. The second kappa shape index (κ2) is 6.85. The van der Waals surface area contributed by atoms with Crippen molar-refractivity contribution in [1.29, 1.82) is 0 Å². The summed E-state index contributed by atoms with van der Waals surface area (Å²) in [6.07, 6.45) is 1.55. The molecule has 0 aliphatic rings. The van der Waals surface area contributed by atoms with Crippen LogP contribution in [0.3, 0.4) is 0 Å². The summed E-state index contributed by atoms with van der Waals surface area (Å²) in [7, 11) is 1.34. The van der Waals surface area contributed by atoms with E-state index < -0.39 is 12.1 Å². The number of nitrogens with zero attached hydrogens (tertiary/aromatic N) is 1. The summed E-state index contributed by atoms with van der Waals surface area (Å²) in [5.74, 6) is 0.133. The Morgan fingerprint density at radius 1 is 1.62 bits per heavy atom. The van der Waals surface area contributed by atoms with Gasteiger partial charge in [0.15, 0.2) is 11.9 Å².